The molecule has 0 saturated carbocycles. The number of anilines is 1. The summed E-state index contributed by atoms with van der Waals surface area (Å²) in [5, 5.41) is 23.4. The molecule has 35 heavy (non-hydrogen) atoms. The molecule has 0 spiro atoms. The highest BCUT2D eigenvalue weighted by Gasteiger charge is 2.46. The smallest absolute Gasteiger partial charge is 0.325 e. The minimum Gasteiger partial charge on any atom is -0.491 e. The predicted molar refractivity (Wildman–Crippen MR) is 126 cm³/mol. The van der Waals surface area contributed by atoms with Gasteiger partial charge in [-0.15, -0.1) is 0 Å². The maximum atomic E-state index is 14.3. The third kappa shape index (κ3) is 5.95. The summed E-state index contributed by atoms with van der Waals surface area (Å²) in [5.41, 5.74) is 1.14. The molecule has 1 heterocycles. The zero-order valence-corrected chi connectivity index (χ0v) is 19.8. The second-order valence-electron chi connectivity index (χ2n) is 8.61. The molecular formula is C25H30FN3O6. The monoisotopic (exact) mass is 487 g/mol. The fourth-order valence-electron chi connectivity index (χ4n) is 3.77. The molecule has 2 aromatic rings. The van der Waals surface area contributed by atoms with Crippen molar-refractivity contribution in [2.24, 2.45) is 5.92 Å². The molecule has 3 rings (SSSR count). The van der Waals surface area contributed by atoms with Crippen molar-refractivity contribution in [3.63, 3.8) is 0 Å². The Balaban J connectivity index is 1.79. The van der Waals surface area contributed by atoms with Gasteiger partial charge in [0.15, 0.2) is 0 Å². The zero-order chi connectivity index (χ0) is 25.7. The Morgan fingerprint density at radius 2 is 1.91 bits per heavy atom. The molecule has 1 aliphatic rings. The molecule has 2 aromatic carbocycles. The van der Waals surface area contributed by atoms with Gasteiger partial charge in [0.05, 0.1) is 12.3 Å². The lowest BCUT2D eigenvalue weighted by Crippen LogP contribution is -2.51. The van der Waals surface area contributed by atoms with Crippen LogP contribution in [-0.2, 0) is 9.59 Å². The van der Waals surface area contributed by atoms with Crippen LogP contribution in [0.1, 0.15) is 37.4 Å². The molecule has 1 fully saturated rings. The van der Waals surface area contributed by atoms with Gasteiger partial charge < -0.3 is 25.6 Å². The number of aliphatic hydroxyl groups excluding tert-OH is 2. The van der Waals surface area contributed by atoms with E-state index in [1.807, 2.05) is 6.92 Å². The third-order valence-corrected chi connectivity index (χ3v) is 5.95. The van der Waals surface area contributed by atoms with E-state index in [-0.39, 0.29) is 18.2 Å². The Morgan fingerprint density at radius 3 is 2.51 bits per heavy atom. The lowest BCUT2D eigenvalue weighted by atomic mass is 9.96. The minimum absolute atomic E-state index is 0.0283. The van der Waals surface area contributed by atoms with Crippen LogP contribution in [0.3, 0.4) is 0 Å². The highest BCUT2D eigenvalue weighted by Crippen LogP contribution is 2.29. The van der Waals surface area contributed by atoms with E-state index in [0.29, 0.717) is 23.3 Å². The Morgan fingerprint density at radius 1 is 1.23 bits per heavy atom. The number of urea groups is 1. The summed E-state index contributed by atoms with van der Waals surface area (Å²) in [4.78, 5) is 40.2. The highest BCUT2D eigenvalue weighted by molar-refractivity contribution is 6.09. The molecule has 10 heteroatoms. The standard InChI is InChI=1S/C25H30FN3O6/c1-4-15(3)22(23(32)27-20-10-5-14(2)11-19(20)26)29-24(33)21(28-25(29)34)16-6-8-18(9-7-16)35-13-17(31)12-30/h5-11,15,17,21-22,30-31H,4,12-13H2,1-3H3,(H,27,32)(H,28,34)/t15?,17?,21-,22?/m1/s1. The first-order valence-corrected chi connectivity index (χ1v) is 11.4. The van der Waals surface area contributed by atoms with Gasteiger partial charge in [-0.05, 0) is 48.2 Å². The number of rotatable bonds is 10. The number of carbonyl (C=O) groups excluding carboxylic acids is 3. The van der Waals surface area contributed by atoms with Crippen LogP contribution >= 0.6 is 0 Å². The molecule has 9 nitrogen and oxygen atoms in total. The molecule has 1 aliphatic heterocycles. The van der Waals surface area contributed by atoms with Gasteiger partial charge in [0, 0.05) is 0 Å². The summed E-state index contributed by atoms with van der Waals surface area (Å²) in [5.74, 6) is -1.83. The van der Waals surface area contributed by atoms with Gasteiger partial charge in [-0.1, -0.05) is 38.5 Å². The van der Waals surface area contributed by atoms with Crippen molar-refractivity contribution in [2.75, 3.05) is 18.5 Å². The number of carbonyl (C=O) groups is 3. The van der Waals surface area contributed by atoms with Gasteiger partial charge >= 0.3 is 6.03 Å². The molecule has 0 aliphatic carbocycles. The highest BCUT2D eigenvalue weighted by atomic mass is 19.1. The lowest BCUT2D eigenvalue weighted by Gasteiger charge is -2.29. The maximum Gasteiger partial charge on any atom is 0.325 e. The molecule has 4 amide bonds. The van der Waals surface area contributed by atoms with Crippen LogP contribution in [0.15, 0.2) is 42.5 Å². The fourth-order valence-corrected chi connectivity index (χ4v) is 3.77. The number of aliphatic hydroxyl groups is 2. The molecular weight excluding hydrogens is 457 g/mol. The summed E-state index contributed by atoms with van der Waals surface area (Å²) in [6.07, 6.45) is -0.516. The first kappa shape index (κ1) is 26.1. The van der Waals surface area contributed by atoms with Crippen LogP contribution in [0.5, 0.6) is 5.75 Å². The first-order chi connectivity index (χ1) is 16.7. The van der Waals surface area contributed by atoms with E-state index in [4.69, 9.17) is 9.84 Å². The first-order valence-electron chi connectivity index (χ1n) is 11.4. The van der Waals surface area contributed by atoms with Gasteiger partial charge in [-0.3, -0.25) is 9.59 Å². The average Bonchev–Trinajstić information content (AvgIpc) is 3.13. The molecule has 1 saturated heterocycles. The number of imide groups is 1. The van der Waals surface area contributed by atoms with Crippen LogP contribution in [-0.4, -0.2) is 58.3 Å². The van der Waals surface area contributed by atoms with Crippen molar-refractivity contribution in [3.8, 4) is 5.75 Å². The number of hydrogen-bond acceptors (Lipinski definition) is 6. The number of nitrogens with one attached hydrogen (secondary N) is 2. The van der Waals surface area contributed by atoms with Gasteiger partial charge in [0.25, 0.3) is 5.91 Å². The molecule has 188 valence electrons. The summed E-state index contributed by atoms with van der Waals surface area (Å²) >= 11 is 0. The van der Waals surface area contributed by atoms with Crippen molar-refractivity contribution in [2.45, 2.75) is 45.4 Å². The number of benzene rings is 2. The molecule has 0 radical (unpaired) electrons. The van der Waals surface area contributed by atoms with E-state index >= 15 is 0 Å². The van der Waals surface area contributed by atoms with E-state index < -0.39 is 48.5 Å². The van der Waals surface area contributed by atoms with Gasteiger partial charge in [-0.25, -0.2) is 14.1 Å². The third-order valence-electron chi connectivity index (χ3n) is 5.95. The lowest BCUT2D eigenvalue weighted by molar-refractivity contribution is -0.135. The van der Waals surface area contributed by atoms with Crippen LogP contribution in [0.25, 0.3) is 0 Å². The Hall–Kier alpha value is -3.50. The number of halogens is 1. The van der Waals surface area contributed by atoms with Crippen LogP contribution in [0, 0.1) is 18.7 Å². The summed E-state index contributed by atoms with van der Waals surface area (Å²) in [7, 11) is 0. The average molecular weight is 488 g/mol. The zero-order valence-electron chi connectivity index (χ0n) is 19.8. The Kier molecular flexibility index (Phi) is 8.42. The SMILES string of the molecule is CCC(C)C(C(=O)Nc1ccc(C)cc1F)N1C(=O)N[C@H](c2ccc(OCC(O)CO)cc2)C1=O. The Labute approximate surface area is 202 Å². The second kappa shape index (κ2) is 11.3. The van der Waals surface area contributed by atoms with Crippen molar-refractivity contribution in [1.29, 1.82) is 0 Å². The summed E-state index contributed by atoms with van der Waals surface area (Å²) in [6, 6.07) is 7.84. The molecule has 0 aromatic heterocycles. The Bertz CT molecular complexity index is 1080. The second-order valence-corrected chi connectivity index (χ2v) is 8.61. The van der Waals surface area contributed by atoms with E-state index in [1.54, 1.807) is 44.2 Å². The van der Waals surface area contributed by atoms with E-state index in [0.717, 1.165) is 4.90 Å². The number of amides is 4. The predicted octanol–water partition coefficient (Wildman–Crippen LogP) is 2.51. The summed E-state index contributed by atoms with van der Waals surface area (Å²) < 4.78 is 19.7. The number of nitrogens with zero attached hydrogens (tertiary/aromatic N) is 1. The van der Waals surface area contributed by atoms with Crippen molar-refractivity contribution >= 4 is 23.5 Å². The quantitative estimate of drug-likeness (QED) is 0.381. The van der Waals surface area contributed by atoms with E-state index in [1.165, 1.54) is 12.1 Å². The van der Waals surface area contributed by atoms with Crippen LogP contribution in [0.2, 0.25) is 0 Å². The maximum absolute atomic E-state index is 14.3. The fraction of sp³-hybridized carbons (Fsp3) is 0.400. The van der Waals surface area contributed by atoms with Crippen LogP contribution in [0.4, 0.5) is 14.9 Å². The number of hydrogen-bond donors (Lipinski definition) is 4. The van der Waals surface area contributed by atoms with E-state index in [9.17, 15) is 23.9 Å². The van der Waals surface area contributed by atoms with E-state index in [2.05, 4.69) is 10.6 Å². The van der Waals surface area contributed by atoms with Gasteiger partial charge in [0.2, 0.25) is 5.91 Å². The van der Waals surface area contributed by atoms with Crippen molar-refractivity contribution < 1.29 is 33.7 Å². The number of ether oxygens (including phenoxy) is 1. The van der Waals surface area contributed by atoms with Gasteiger partial charge in [-0.2, -0.15) is 0 Å². The summed E-state index contributed by atoms with van der Waals surface area (Å²) in [6.45, 7) is 4.77. The molecule has 4 N–H and O–H groups in total. The number of aryl methyl sites for hydroxylation is 1. The largest absolute Gasteiger partial charge is 0.491 e. The van der Waals surface area contributed by atoms with Crippen LogP contribution < -0.4 is 15.4 Å². The molecule has 0 bridgehead atoms. The molecule has 4 atom stereocenters. The topological polar surface area (TPSA) is 128 Å². The van der Waals surface area contributed by atoms with Gasteiger partial charge in [0.1, 0.15) is 36.4 Å². The van der Waals surface area contributed by atoms with Crippen molar-refractivity contribution in [3.05, 3.63) is 59.4 Å². The normalized spacial score (nSPS) is 18.1. The van der Waals surface area contributed by atoms with Crippen molar-refractivity contribution in [1.82, 2.24) is 10.2 Å². The molecule has 3 unspecified atom stereocenters. The minimum atomic E-state index is -1.14.